The van der Waals surface area contributed by atoms with Gasteiger partial charge in [-0.25, -0.2) is 0 Å². The summed E-state index contributed by atoms with van der Waals surface area (Å²) in [6.45, 7) is 1.59. The summed E-state index contributed by atoms with van der Waals surface area (Å²) in [5, 5.41) is 3.98. The predicted octanol–water partition coefficient (Wildman–Crippen LogP) is 3.28. The number of fused-ring (bicyclic) bond motifs is 1. The number of piperidine rings is 1. The molecule has 0 unspecified atom stereocenters. The Hall–Kier alpha value is -2.17. The van der Waals surface area contributed by atoms with Crippen LogP contribution in [0.3, 0.4) is 0 Å². The Morgan fingerprint density at radius 3 is 2.56 bits per heavy atom. The zero-order valence-corrected chi connectivity index (χ0v) is 14.9. The Kier molecular flexibility index (Phi) is 4.10. The predicted molar refractivity (Wildman–Crippen MR) is 102 cm³/mol. The highest BCUT2D eigenvalue weighted by Gasteiger charge is 2.44. The second-order valence-electron chi connectivity index (χ2n) is 6.63. The van der Waals surface area contributed by atoms with Gasteiger partial charge in [-0.15, -0.1) is 0 Å². The van der Waals surface area contributed by atoms with E-state index >= 15 is 0 Å². The molecule has 0 radical (unpaired) electrons. The number of carbonyl (C=O) groups is 1. The molecule has 2 aliphatic heterocycles. The van der Waals surface area contributed by atoms with Crippen molar-refractivity contribution in [1.29, 1.82) is 0 Å². The van der Waals surface area contributed by atoms with Gasteiger partial charge >= 0.3 is 0 Å². The van der Waals surface area contributed by atoms with Gasteiger partial charge in [-0.05, 0) is 44.1 Å². The van der Waals surface area contributed by atoms with Gasteiger partial charge in [-0.1, -0.05) is 41.9 Å². The van der Waals surface area contributed by atoms with E-state index in [2.05, 4.69) is 5.32 Å². The fourth-order valence-corrected chi connectivity index (χ4v) is 3.89. The van der Waals surface area contributed by atoms with E-state index in [0.717, 1.165) is 35.6 Å². The topological polar surface area (TPSA) is 44.7 Å². The summed E-state index contributed by atoms with van der Waals surface area (Å²) >= 11 is 6.28. The zero-order valence-electron chi connectivity index (χ0n) is 14.1. The number of nitrogens with one attached hydrogen (secondary N) is 1. The highest BCUT2D eigenvalue weighted by molar-refractivity contribution is 6.32. The average molecular weight is 354 g/mol. The number of nitrogens with zero attached hydrogens (tertiary/aromatic N) is 2. The van der Waals surface area contributed by atoms with Crippen LogP contribution in [0.4, 0.5) is 5.69 Å². The lowest BCUT2D eigenvalue weighted by Crippen LogP contribution is -2.52. The number of halogens is 1. The number of rotatable bonds is 1. The van der Waals surface area contributed by atoms with Gasteiger partial charge < -0.3 is 10.2 Å². The van der Waals surface area contributed by atoms with Gasteiger partial charge in [0.2, 0.25) is 0 Å². The van der Waals surface area contributed by atoms with E-state index in [-0.39, 0.29) is 5.91 Å². The molecular weight excluding hydrogens is 334 g/mol. The van der Waals surface area contributed by atoms with Crippen LogP contribution in [-0.4, -0.2) is 37.3 Å². The fourth-order valence-electron chi connectivity index (χ4n) is 3.72. The molecule has 1 fully saturated rings. The van der Waals surface area contributed by atoms with Crippen molar-refractivity contribution in [3.63, 3.8) is 0 Å². The summed E-state index contributed by atoms with van der Waals surface area (Å²) in [6.07, 6.45) is 1.41. The van der Waals surface area contributed by atoms with Gasteiger partial charge in [-0.2, -0.15) is 0 Å². The quantitative estimate of drug-likeness (QED) is 0.855. The number of benzene rings is 2. The van der Waals surface area contributed by atoms with Gasteiger partial charge in [0.05, 0.1) is 11.4 Å². The summed E-state index contributed by atoms with van der Waals surface area (Å²) in [5.74, 6) is 0.0588. The van der Waals surface area contributed by atoms with Gasteiger partial charge in [0.25, 0.3) is 5.91 Å². The van der Waals surface area contributed by atoms with Crippen LogP contribution in [-0.2, 0) is 4.79 Å². The highest BCUT2D eigenvalue weighted by Crippen LogP contribution is 2.36. The molecule has 4 nitrogen and oxygen atoms in total. The van der Waals surface area contributed by atoms with E-state index in [1.54, 1.807) is 4.90 Å². The minimum atomic E-state index is -0.712. The standard InChI is InChI=1S/C20H20ClN3O/c1-24-17-8-7-15(21)13-16(17)18(14-5-3-2-4-6-14)23-20(19(24)25)9-11-22-12-10-20/h2-8,13,22H,9-12H2,1H3. The van der Waals surface area contributed by atoms with Crippen LogP contribution < -0.4 is 10.2 Å². The Labute approximate surface area is 152 Å². The van der Waals surface area contributed by atoms with Crippen molar-refractivity contribution >= 4 is 28.9 Å². The molecule has 2 aromatic carbocycles. The molecule has 0 saturated carbocycles. The molecule has 128 valence electrons. The largest absolute Gasteiger partial charge is 0.317 e. The molecule has 1 spiro atoms. The van der Waals surface area contributed by atoms with Crippen LogP contribution in [0, 0.1) is 0 Å². The number of anilines is 1. The Morgan fingerprint density at radius 2 is 1.84 bits per heavy atom. The SMILES string of the molecule is CN1C(=O)C2(CCNCC2)N=C(c2ccccc2)c2cc(Cl)ccc21. The molecule has 2 aliphatic rings. The minimum Gasteiger partial charge on any atom is -0.317 e. The average Bonchev–Trinajstić information content (AvgIpc) is 2.73. The maximum absolute atomic E-state index is 13.3. The molecule has 0 atom stereocenters. The highest BCUT2D eigenvalue weighted by atomic mass is 35.5. The second kappa shape index (κ2) is 6.28. The number of aliphatic imine (C=N–C) groups is 1. The Balaban J connectivity index is 1.99. The van der Waals surface area contributed by atoms with Crippen LogP contribution in [0.2, 0.25) is 5.02 Å². The van der Waals surface area contributed by atoms with E-state index in [4.69, 9.17) is 16.6 Å². The Morgan fingerprint density at radius 1 is 1.12 bits per heavy atom. The number of carbonyl (C=O) groups excluding carboxylic acids is 1. The summed E-state index contributed by atoms with van der Waals surface area (Å²) in [4.78, 5) is 20.1. The van der Waals surface area contributed by atoms with Crippen LogP contribution >= 0.6 is 11.6 Å². The van der Waals surface area contributed by atoms with Crippen LogP contribution in [0.5, 0.6) is 0 Å². The first-order valence-corrected chi connectivity index (χ1v) is 8.93. The lowest BCUT2D eigenvalue weighted by molar-refractivity contribution is -0.124. The summed E-state index contributed by atoms with van der Waals surface area (Å²) in [7, 11) is 1.84. The van der Waals surface area contributed by atoms with Crippen molar-refractivity contribution in [3.8, 4) is 0 Å². The van der Waals surface area contributed by atoms with Gasteiger partial charge in [0.1, 0.15) is 5.54 Å². The molecule has 25 heavy (non-hydrogen) atoms. The van der Waals surface area contributed by atoms with Gasteiger partial charge in [0.15, 0.2) is 0 Å². The van der Waals surface area contributed by atoms with Crippen molar-refractivity contribution in [2.24, 2.45) is 4.99 Å². The van der Waals surface area contributed by atoms with E-state index in [9.17, 15) is 4.79 Å². The van der Waals surface area contributed by atoms with Crippen LogP contribution in [0.15, 0.2) is 53.5 Å². The second-order valence-corrected chi connectivity index (χ2v) is 7.07. The molecule has 0 aromatic heterocycles. The van der Waals surface area contributed by atoms with E-state index < -0.39 is 5.54 Å². The third kappa shape index (κ3) is 2.75. The molecule has 0 bridgehead atoms. The molecule has 2 heterocycles. The number of amides is 1. The Bertz CT molecular complexity index is 841. The first-order chi connectivity index (χ1) is 12.1. The molecule has 5 heteroatoms. The minimum absolute atomic E-state index is 0.0588. The van der Waals surface area contributed by atoms with E-state index in [0.29, 0.717) is 17.9 Å². The van der Waals surface area contributed by atoms with Crippen molar-refractivity contribution in [1.82, 2.24) is 5.32 Å². The van der Waals surface area contributed by atoms with Crippen molar-refractivity contribution < 1.29 is 4.79 Å². The lowest BCUT2D eigenvalue weighted by Gasteiger charge is -2.34. The summed E-state index contributed by atoms with van der Waals surface area (Å²) in [5.41, 5.74) is 2.90. The summed E-state index contributed by atoms with van der Waals surface area (Å²) < 4.78 is 0. The van der Waals surface area contributed by atoms with Crippen molar-refractivity contribution in [3.05, 3.63) is 64.7 Å². The third-order valence-electron chi connectivity index (χ3n) is 5.08. The molecule has 1 saturated heterocycles. The van der Waals surface area contributed by atoms with Crippen molar-refractivity contribution in [2.45, 2.75) is 18.4 Å². The molecule has 4 rings (SSSR count). The van der Waals surface area contributed by atoms with Gasteiger partial charge in [0, 0.05) is 23.2 Å². The van der Waals surface area contributed by atoms with Crippen LogP contribution in [0.25, 0.3) is 0 Å². The first kappa shape index (κ1) is 16.3. The number of hydrogen-bond acceptors (Lipinski definition) is 3. The smallest absolute Gasteiger partial charge is 0.254 e. The maximum atomic E-state index is 13.3. The number of likely N-dealkylation sites (N-methyl/N-ethyl adjacent to an activating group) is 1. The van der Waals surface area contributed by atoms with Gasteiger partial charge in [-0.3, -0.25) is 9.79 Å². The number of hydrogen-bond donors (Lipinski definition) is 1. The fraction of sp³-hybridized carbons (Fsp3) is 0.300. The van der Waals surface area contributed by atoms with E-state index in [1.165, 1.54) is 0 Å². The first-order valence-electron chi connectivity index (χ1n) is 8.55. The molecule has 2 aromatic rings. The lowest BCUT2D eigenvalue weighted by atomic mass is 9.87. The van der Waals surface area contributed by atoms with Crippen molar-refractivity contribution in [2.75, 3.05) is 25.0 Å². The molecule has 1 N–H and O–H groups in total. The van der Waals surface area contributed by atoms with Crippen LogP contribution in [0.1, 0.15) is 24.0 Å². The molecular formula is C20H20ClN3O. The maximum Gasteiger partial charge on any atom is 0.254 e. The molecule has 1 amide bonds. The van der Waals surface area contributed by atoms with E-state index in [1.807, 2.05) is 55.6 Å². The zero-order chi connectivity index (χ0) is 17.4. The molecule has 0 aliphatic carbocycles. The third-order valence-corrected chi connectivity index (χ3v) is 5.32. The normalized spacial score (nSPS) is 19.4. The summed E-state index contributed by atoms with van der Waals surface area (Å²) in [6, 6.07) is 15.7. The monoisotopic (exact) mass is 353 g/mol.